The molecule has 6 heteroatoms. The number of hydrogen-bond donors (Lipinski definition) is 0. The average molecular weight is 404 g/mol. The van der Waals surface area contributed by atoms with Crippen LogP contribution in [-0.2, 0) is 6.54 Å². The zero-order chi connectivity index (χ0) is 20.4. The van der Waals surface area contributed by atoms with Gasteiger partial charge in [0.2, 0.25) is 0 Å². The Kier molecular flexibility index (Phi) is 5.27. The molecule has 0 saturated heterocycles. The van der Waals surface area contributed by atoms with Gasteiger partial charge in [-0.05, 0) is 60.9 Å². The Morgan fingerprint density at radius 2 is 1.90 bits per heavy atom. The highest BCUT2D eigenvalue weighted by molar-refractivity contribution is 7.22. The summed E-state index contributed by atoms with van der Waals surface area (Å²) in [5.74, 6) is 0.389. The Hall–Kier alpha value is -3.25. The zero-order valence-electron chi connectivity index (χ0n) is 16.5. The van der Waals surface area contributed by atoms with Gasteiger partial charge in [-0.3, -0.25) is 14.7 Å². The van der Waals surface area contributed by atoms with Gasteiger partial charge in [0, 0.05) is 12.4 Å². The van der Waals surface area contributed by atoms with E-state index in [4.69, 9.17) is 9.72 Å². The number of anilines is 1. The molecule has 4 aromatic rings. The number of amides is 1. The molecular formula is C23H21N3O2S. The summed E-state index contributed by atoms with van der Waals surface area (Å²) >= 11 is 1.52. The first-order chi connectivity index (χ1) is 14.1. The van der Waals surface area contributed by atoms with Gasteiger partial charge in [0.25, 0.3) is 5.91 Å². The van der Waals surface area contributed by atoms with E-state index in [1.54, 1.807) is 36.5 Å². The number of nitrogens with zero attached hydrogens (tertiary/aromatic N) is 3. The summed E-state index contributed by atoms with van der Waals surface area (Å²) in [6.07, 6.45) is 3.49. The summed E-state index contributed by atoms with van der Waals surface area (Å²) in [7, 11) is 1.57. The van der Waals surface area contributed by atoms with Crippen LogP contribution >= 0.6 is 11.3 Å². The molecule has 4 rings (SSSR count). The second-order valence-electron chi connectivity index (χ2n) is 6.85. The minimum Gasteiger partial charge on any atom is -0.496 e. The molecule has 2 aromatic carbocycles. The largest absolute Gasteiger partial charge is 0.496 e. The van der Waals surface area contributed by atoms with Crippen molar-refractivity contribution < 1.29 is 9.53 Å². The predicted octanol–water partition coefficient (Wildman–Crippen LogP) is 5.16. The summed E-state index contributed by atoms with van der Waals surface area (Å²) in [5, 5.41) is 0.657. The van der Waals surface area contributed by atoms with Gasteiger partial charge in [0.1, 0.15) is 5.75 Å². The number of methoxy groups -OCH3 is 1. The van der Waals surface area contributed by atoms with Gasteiger partial charge in [-0.25, -0.2) is 4.98 Å². The van der Waals surface area contributed by atoms with Crippen molar-refractivity contribution in [3.8, 4) is 5.75 Å². The average Bonchev–Trinajstić information content (AvgIpc) is 3.14. The molecule has 0 aliphatic rings. The molecule has 0 unspecified atom stereocenters. The van der Waals surface area contributed by atoms with Gasteiger partial charge in [-0.1, -0.05) is 29.5 Å². The van der Waals surface area contributed by atoms with E-state index in [9.17, 15) is 4.79 Å². The third-order valence-corrected chi connectivity index (χ3v) is 5.91. The minimum atomic E-state index is -0.154. The van der Waals surface area contributed by atoms with Crippen LogP contribution in [0.4, 0.5) is 5.13 Å². The molecule has 0 N–H and O–H groups in total. The first-order valence-electron chi connectivity index (χ1n) is 9.28. The molecule has 5 nitrogen and oxygen atoms in total. The number of carbonyl (C=O) groups is 1. The van der Waals surface area contributed by atoms with E-state index in [1.165, 1.54) is 22.5 Å². The summed E-state index contributed by atoms with van der Waals surface area (Å²) in [5.41, 5.74) is 4.73. The molecule has 29 heavy (non-hydrogen) atoms. The lowest BCUT2D eigenvalue weighted by Crippen LogP contribution is -2.30. The van der Waals surface area contributed by atoms with Gasteiger partial charge < -0.3 is 4.74 Å². The van der Waals surface area contributed by atoms with Gasteiger partial charge in [0.15, 0.2) is 5.13 Å². The highest BCUT2D eigenvalue weighted by Crippen LogP contribution is 2.33. The molecule has 0 aliphatic heterocycles. The molecule has 146 valence electrons. The Morgan fingerprint density at radius 3 is 2.66 bits per heavy atom. The number of fused-ring (bicyclic) bond motifs is 1. The second kappa shape index (κ2) is 8.01. The van der Waals surface area contributed by atoms with Crippen LogP contribution in [-0.4, -0.2) is 23.0 Å². The van der Waals surface area contributed by atoms with Crippen LogP contribution in [0, 0.1) is 13.8 Å². The summed E-state index contributed by atoms with van der Waals surface area (Å²) in [4.78, 5) is 24.2. The highest BCUT2D eigenvalue weighted by atomic mass is 32.1. The number of benzene rings is 2. The first kappa shape index (κ1) is 19.1. The number of hydrogen-bond acceptors (Lipinski definition) is 5. The van der Waals surface area contributed by atoms with E-state index in [1.807, 2.05) is 24.3 Å². The maximum atomic E-state index is 13.5. The van der Waals surface area contributed by atoms with E-state index in [0.717, 1.165) is 15.8 Å². The van der Waals surface area contributed by atoms with Crippen molar-refractivity contribution in [1.82, 2.24) is 9.97 Å². The number of carbonyl (C=O) groups excluding carboxylic acids is 1. The molecule has 0 aliphatic carbocycles. The molecule has 0 bridgehead atoms. The SMILES string of the molecule is COc1ccccc1C(=O)N(Cc1cccnc1)c1nc2cc(C)c(C)cc2s1. The first-order valence-corrected chi connectivity index (χ1v) is 10.1. The van der Waals surface area contributed by atoms with Crippen LogP contribution in [0.3, 0.4) is 0 Å². The van der Waals surface area contributed by atoms with Gasteiger partial charge in [-0.15, -0.1) is 0 Å². The maximum Gasteiger partial charge on any atom is 0.264 e. The standard InChI is InChI=1S/C23H21N3O2S/c1-15-11-19-21(12-16(15)2)29-23(25-19)26(14-17-7-6-10-24-13-17)22(27)18-8-4-5-9-20(18)28-3/h4-13H,14H2,1-3H3. The zero-order valence-corrected chi connectivity index (χ0v) is 17.4. The topological polar surface area (TPSA) is 55.3 Å². The fourth-order valence-electron chi connectivity index (χ4n) is 3.15. The van der Waals surface area contributed by atoms with E-state index in [0.29, 0.717) is 23.0 Å². The van der Waals surface area contributed by atoms with Crippen LogP contribution in [0.15, 0.2) is 60.9 Å². The third-order valence-electron chi connectivity index (χ3n) is 4.87. The van der Waals surface area contributed by atoms with Gasteiger partial charge in [-0.2, -0.15) is 0 Å². The van der Waals surface area contributed by atoms with Crippen molar-refractivity contribution in [1.29, 1.82) is 0 Å². The Labute approximate surface area is 173 Å². The van der Waals surface area contributed by atoms with Crippen molar-refractivity contribution in [2.75, 3.05) is 12.0 Å². The molecular weight excluding hydrogens is 382 g/mol. The fraction of sp³-hybridized carbons (Fsp3) is 0.174. The number of thiazole rings is 1. The fourth-order valence-corrected chi connectivity index (χ4v) is 4.19. The lowest BCUT2D eigenvalue weighted by Gasteiger charge is -2.21. The van der Waals surface area contributed by atoms with Crippen molar-refractivity contribution in [2.45, 2.75) is 20.4 Å². The normalized spacial score (nSPS) is 10.9. The van der Waals surface area contributed by atoms with Crippen LogP contribution in [0.2, 0.25) is 0 Å². The Balaban J connectivity index is 1.81. The molecule has 0 atom stereocenters. The molecule has 2 heterocycles. The Morgan fingerprint density at radius 1 is 1.10 bits per heavy atom. The molecule has 1 amide bonds. The lowest BCUT2D eigenvalue weighted by atomic mass is 10.1. The van der Waals surface area contributed by atoms with Crippen LogP contribution in [0.1, 0.15) is 27.0 Å². The van der Waals surface area contributed by atoms with Crippen molar-refractivity contribution in [2.24, 2.45) is 0 Å². The smallest absolute Gasteiger partial charge is 0.264 e. The quantitative estimate of drug-likeness (QED) is 0.462. The van der Waals surface area contributed by atoms with Gasteiger partial charge in [0.05, 0.1) is 29.4 Å². The van der Waals surface area contributed by atoms with Crippen molar-refractivity contribution in [3.63, 3.8) is 0 Å². The van der Waals surface area contributed by atoms with E-state index >= 15 is 0 Å². The molecule has 2 aromatic heterocycles. The third kappa shape index (κ3) is 3.84. The predicted molar refractivity (Wildman–Crippen MR) is 117 cm³/mol. The monoisotopic (exact) mass is 403 g/mol. The van der Waals surface area contributed by atoms with E-state index in [-0.39, 0.29) is 5.91 Å². The summed E-state index contributed by atoms with van der Waals surface area (Å²) < 4.78 is 6.48. The molecule has 0 saturated carbocycles. The number of rotatable bonds is 5. The lowest BCUT2D eigenvalue weighted by molar-refractivity contribution is 0.0982. The summed E-state index contributed by atoms with van der Waals surface area (Å²) in [6.45, 7) is 4.53. The van der Waals surface area contributed by atoms with Crippen LogP contribution in [0.5, 0.6) is 5.75 Å². The van der Waals surface area contributed by atoms with Crippen LogP contribution in [0.25, 0.3) is 10.2 Å². The highest BCUT2D eigenvalue weighted by Gasteiger charge is 2.24. The van der Waals surface area contributed by atoms with Gasteiger partial charge >= 0.3 is 0 Å². The molecule has 0 radical (unpaired) electrons. The number of ether oxygens (including phenoxy) is 1. The molecule has 0 spiro atoms. The number of pyridine rings is 1. The number of para-hydroxylation sites is 1. The maximum absolute atomic E-state index is 13.5. The Bertz CT molecular complexity index is 1130. The van der Waals surface area contributed by atoms with E-state index < -0.39 is 0 Å². The number of aryl methyl sites for hydroxylation is 2. The summed E-state index contributed by atoms with van der Waals surface area (Å²) in [6, 6.07) is 15.3. The number of aromatic nitrogens is 2. The molecule has 0 fully saturated rings. The van der Waals surface area contributed by atoms with Crippen LogP contribution < -0.4 is 9.64 Å². The minimum absolute atomic E-state index is 0.154. The van der Waals surface area contributed by atoms with E-state index in [2.05, 4.69) is 31.0 Å². The second-order valence-corrected chi connectivity index (χ2v) is 7.86. The van der Waals surface area contributed by atoms with Crippen molar-refractivity contribution in [3.05, 3.63) is 83.2 Å². The van der Waals surface area contributed by atoms with Crippen molar-refractivity contribution >= 4 is 32.6 Å².